The van der Waals surface area contributed by atoms with E-state index >= 15 is 0 Å². The number of hydrogen-bond donors (Lipinski definition) is 5. The molecule has 1 saturated heterocycles. The van der Waals surface area contributed by atoms with Crippen molar-refractivity contribution in [2.45, 2.75) is 24.1 Å². The Morgan fingerprint density at radius 1 is 1.25 bits per heavy atom. The normalized spacial score (nSPS) is 48.2. The monoisotopic (exact) mass is 180 g/mol. The standard InChI is InChI=1S/C6H12O6/c7-1-3-4(9)5(10)6(11,2-8)12-3/h3-5,7-11H,1-2H2/t3-,4+,5+,6+/m1/s1. The van der Waals surface area contributed by atoms with Gasteiger partial charge in [-0.25, -0.2) is 0 Å². The molecule has 4 atom stereocenters. The minimum atomic E-state index is -2.16. The second kappa shape index (κ2) is 3.25. The number of aliphatic hydroxyl groups is 5. The lowest BCUT2D eigenvalue weighted by atomic mass is 10.1. The number of ether oxygens (including phenoxy) is 1. The van der Waals surface area contributed by atoms with Crippen LogP contribution in [0.3, 0.4) is 0 Å². The van der Waals surface area contributed by atoms with E-state index in [-0.39, 0.29) is 0 Å². The van der Waals surface area contributed by atoms with Crippen LogP contribution in [-0.4, -0.2) is 62.8 Å². The third-order valence-electron chi connectivity index (χ3n) is 1.93. The molecule has 1 heterocycles. The predicted octanol–water partition coefficient (Wildman–Crippen LogP) is -3.22. The van der Waals surface area contributed by atoms with Gasteiger partial charge in [-0.1, -0.05) is 0 Å². The molecule has 6 heteroatoms. The van der Waals surface area contributed by atoms with Gasteiger partial charge in [-0.2, -0.15) is 0 Å². The Kier molecular flexibility index (Phi) is 2.67. The van der Waals surface area contributed by atoms with Gasteiger partial charge in [-0.3, -0.25) is 0 Å². The zero-order valence-electron chi connectivity index (χ0n) is 6.29. The van der Waals surface area contributed by atoms with Crippen molar-refractivity contribution in [3.63, 3.8) is 0 Å². The van der Waals surface area contributed by atoms with Gasteiger partial charge in [0.25, 0.3) is 0 Å². The smallest absolute Gasteiger partial charge is 0.219 e. The molecule has 0 spiro atoms. The van der Waals surface area contributed by atoms with Crippen molar-refractivity contribution in [1.82, 2.24) is 0 Å². The summed E-state index contributed by atoms with van der Waals surface area (Å²) in [5.41, 5.74) is 0. The maximum Gasteiger partial charge on any atom is 0.219 e. The van der Waals surface area contributed by atoms with Crippen LogP contribution in [0.4, 0.5) is 0 Å². The van der Waals surface area contributed by atoms with E-state index in [4.69, 9.17) is 20.4 Å². The molecule has 0 aromatic carbocycles. The average molecular weight is 180 g/mol. The summed E-state index contributed by atoms with van der Waals surface area (Å²) in [6.07, 6.45) is -4.04. The van der Waals surface area contributed by atoms with Crippen molar-refractivity contribution in [2.75, 3.05) is 13.2 Å². The van der Waals surface area contributed by atoms with E-state index in [2.05, 4.69) is 4.74 Å². The van der Waals surface area contributed by atoms with E-state index in [9.17, 15) is 5.11 Å². The fraction of sp³-hybridized carbons (Fsp3) is 1.00. The van der Waals surface area contributed by atoms with Gasteiger partial charge in [-0.15, -0.1) is 0 Å². The molecule has 1 rings (SSSR count). The Bertz CT molecular complexity index is 162. The molecule has 1 aliphatic heterocycles. The molecule has 1 fully saturated rings. The molecule has 0 radical (unpaired) electrons. The molecule has 0 bridgehead atoms. The van der Waals surface area contributed by atoms with E-state index in [0.717, 1.165) is 0 Å². The van der Waals surface area contributed by atoms with Crippen LogP contribution in [0.1, 0.15) is 0 Å². The first-order chi connectivity index (χ1) is 5.55. The molecule has 0 aromatic heterocycles. The molecule has 72 valence electrons. The van der Waals surface area contributed by atoms with Gasteiger partial charge < -0.3 is 30.3 Å². The lowest BCUT2D eigenvalue weighted by Crippen LogP contribution is -2.46. The summed E-state index contributed by atoms with van der Waals surface area (Å²) in [7, 11) is 0. The summed E-state index contributed by atoms with van der Waals surface area (Å²) in [4.78, 5) is 0. The number of rotatable bonds is 2. The summed E-state index contributed by atoms with van der Waals surface area (Å²) in [6.45, 7) is -1.36. The zero-order valence-corrected chi connectivity index (χ0v) is 6.29. The molecule has 0 saturated carbocycles. The van der Waals surface area contributed by atoms with Crippen LogP contribution in [0, 0.1) is 0 Å². The maximum atomic E-state index is 9.25. The molecule has 0 aromatic rings. The van der Waals surface area contributed by atoms with Crippen molar-refractivity contribution in [3.05, 3.63) is 0 Å². The van der Waals surface area contributed by atoms with E-state index in [1.807, 2.05) is 0 Å². The summed E-state index contributed by atoms with van der Waals surface area (Å²) >= 11 is 0. The third kappa shape index (κ3) is 1.33. The molecular formula is C6H12O6. The van der Waals surface area contributed by atoms with Crippen molar-refractivity contribution in [3.8, 4) is 0 Å². The van der Waals surface area contributed by atoms with Gasteiger partial charge in [0.15, 0.2) is 0 Å². The Labute approximate surface area is 68.6 Å². The SMILES string of the molecule is OC[C@H]1O[C@@](O)(CO)[C@@H](O)[C@H]1O. The van der Waals surface area contributed by atoms with Crippen molar-refractivity contribution < 1.29 is 30.3 Å². The van der Waals surface area contributed by atoms with E-state index in [0.29, 0.717) is 0 Å². The van der Waals surface area contributed by atoms with Gasteiger partial charge in [-0.05, 0) is 0 Å². The highest BCUT2D eigenvalue weighted by molar-refractivity contribution is 4.94. The summed E-state index contributed by atoms with van der Waals surface area (Å²) in [5.74, 6) is -2.16. The third-order valence-corrected chi connectivity index (χ3v) is 1.93. The zero-order chi connectivity index (χ0) is 9.35. The Balaban J connectivity index is 2.72. The van der Waals surface area contributed by atoms with Crippen LogP contribution in [0.5, 0.6) is 0 Å². The summed E-state index contributed by atoms with van der Waals surface area (Å²) in [5, 5.41) is 44.7. The average Bonchev–Trinajstić information content (AvgIpc) is 2.31. The van der Waals surface area contributed by atoms with Crippen molar-refractivity contribution in [1.29, 1.82) is 0 Å². The van der Waals surface area contributed by atoms with E-state index in [1.54, 1.807) is 0 Å². The van der Waals surface area contributed by atoms with Gasteiger partial charge in [0.2, 0.25) is 5.79 Å². The second-order valence-electron chi connectivity index (χ2n) is 2.78. The molecule has 6 nitrogen and oxygen atoms in total. The molecular weight excluding hydrogens is 168 g/mol. The molecule has 1 aliphatic rings. The summed E-state index contributed by atoms with van der Waals surface area (Å²) < 4.78 is 4.63. The Morgan fingerprint density at radius 2 is 1.83 bits per heavy atom. The van der Waals surface area contributed by atoms with E-state index in [1.165, 1.54) is 0 Å². The Morgan fingerprint density at radius 3 is 2.08 bits per heavy atom. The number of aliphatic hydroxyl groups excluding tert-OH is 4. The van der Waals surface area contributed by atoms with Crippen LogP contribution in [0.2, 0.25) is 0 Å². The molecule has 5 N–H and O–H groups in total. The first-order valence-corrected chi connectivity index (χ1v) is 3.53. The fourth-order valence-electron chi connectivity index (χ4n) is 1.15. The van der Waals surface area contributed by atoms with Gasteiger partial charge in [0.05, 0.1) is 13.2 Å². The highest BCUT2D eigenvalue weighted by atomic mass is 16.7. The first kappa shape index (κ1) is 9.85. The van der Waals surface area contributed by atoms with Crippen LogP contribution < -0.4 is 0 Å². The van der Waals surface area contributed by atoms with Crippen LogP contribution in [0.15, 0.2) is 0 Å². The minimum Gasteiger partial charge on any atom is -0.394 e. The van der Waals surface area contributed by atoms with Gasteiger partial charge in [0, 0.05) is 0 Å². The molecule has 0 unspecified atom stereocenters. The van der Waals surface area contributed by atoms with Crippen molar-refractivity contribution >= 4 is 0 Å². The summed E-state index contributed by atoms with van der Waals surface area (Å²) in [6, 6.07) is 0. The van der Waals surface area contributed by atoms with Crippen molar-refractivity contribution in [2.24, 2.45) is 0 Å². The van der Waals surface area contributed by atoms with E-state index < -0.39 is 37.3 Å². The van der Waals surface area contributed by atoms with Crippen LogP contribution in [0.25, 0.3) is 0 Å². The molecule has 12 heavy (non-hydrogen) atoms. The van der Waals surface area contributed by atoms with Crippen LogP contribution in [-0.2, 0) is 4.74 Å². The maximum absolute atomic E-state index is 9.25. The minimum absolute atomic E-state index is 0.527. The highest BCUT2D eigenvalue weighted by Gasteiger charge is 2.52. The lowest BCUT2D eigenvalue weighted by Gasteiger charge is -2.22. The highest BCUT2D eigenvalue weighted by Crippen LogP contribution is 2.28. The van der Waals surface area contributed by atoms with Gasteiger partial charge >= 0.3 is 0 Å². The predicted molar refractivity (Wildman–Crippen MR) is 36.0 cm³/mol. The lowest BCUT2D eigenvalue weighted by molar-refractivity contribution is -0.248. The fourth-order valence-corrected chi connectivity index (χ4v) is 1.15. The topological polar surface area (TPSA) is 110 Å². The quantitative estimate of drug-likeness (QED) is 0.306. The first-order valence-electron chi connectivity index (χ1n) is 3.53. The Hall–Kier alpha value is -0.240. The number of hydrogen-bond acceptors (Lipinski definition) is 6. The second-order valence-corrected chi connectivity index (χ2v) is 2.78. The van der Waals surface area contributed by atoms with Gasteiger partial charge in [0.1, 0.15) is 18.3 Å². The molecule has 0 aliphatic carbocycles. The molecule has 0 amide bonds. The largest absolute Gasteiger partial charge is 0.394 e. The van der Waals surface area contributed by atoms with Crippen LogP contribution >= 0.6 is 0 Å².